The van der Waals surface area contributed by atoms with Gasteiger partial charge in [-0.3, -0.25) is 0 Å². The first-order valence-electron chi connectivity index (χ1n) is 6.18. The lowest BCUT2D eigenvalue weighted by Crippen LogP contribution is -2.08. The molecule has 21 heavy (non-hydrogen) atoms. The zero-order valence-corrected chi connectivity index (χ0v) is 12.3. The fraction of sp³-hybridized carbons (Fsp3) is 0.308. The van der Waals surface area contributed by atoms with Crippen molar-refractivity contribution in [2.24, 2.45) is 17.8 Å². The van der Waals surface area contributed by atoms with E-state index in [-0.39, 0.29) is 22.2 Å². The number of aromatic nitrogens is 1. The molecule has 8 heteroatoms. The van der Waals surface area contributed by atoms with Crippen LogP contribution in [0.3, 0.4) is 0 Å². The minimum atomic E-state index is -4.46. The number of fused-ring (bicyclic) bond motifs is 1. The zero-order chi connectivity index (χ0) is 15.8. The molecule has 0 spiro atoms. The Morgan fingerprint density at radius 1 is 1.38 bits per heavy atom. The van der Waals surface area contributed by atoms with E-state index in [4.69, 9.17) is 11.5 Å². The normalized spacial score (nSPS) is 13.1. The summed E-state index contributed by atoms with van der Waals surface area (Å²) < 4.78 is 40.6. The van der Waals surface area contributed by atoms with Crippen molar-refractivity contribution in [1.82, 2.24) is 4.57 Å². The molecule has 2 rings (SSSR count). The number of anilines is 1. The summed E-state index contributed by atoms with van der Waals surface area (Å²) in [5.41, 5.74) is 11.1. The summed E-state index contributed by atoms with van der Waals surface area (Å²) in [5.74, 6) is 0.952. The molecule has 0 amide bonds. The van der Waals surface area contributed by atoms with Gasteiger partial charge >= 0.3 is 6.18 Å². The average molecular weight is 316 g/mol. The van der Waals surface area contributed by atoms with Crippen molar-refractivity contribution in [3.05, 3.63) is 23.8 Å². The smallest absolute Gasteiger partial charge is 0.395 e. The number of aryl methyl sites for hydroxylation is 1. The van der Waals surface area contributed by atoms with Gasteiger partial charge in [-0.2, -0.15) is 13.2 Å². The molecule has 0 saturated carbocycles. The number of amidine groups is 1. The summed E-state index contributed by atoms with van der Waals surface area (Å²) in [6.45, 7) is 1.90. The molecule has 0 fully saturated rings. The Bertz CT molecular complexity index is 703. The Hall–Kier alpha value is -1.83. The number of aliphatic imine (C=N–C) groups is 1. The van der Waals surface area contributed by atoms with E-state index in [1.807, 2.05) is 6.92 Å². The van der Waals surface area contributed by atoms with E-state index < -0.39 is 11.7 Å². The molecule has 4 nitrogen and oxygen atoms in total. The predicted octanol–water partition coefficient (Wildman–Crippen LogP) is 3.48. The van der Waals surface area contributed by atoms with E-state index in [9.17, 15) is 13.2 Å². The highest BCUT2D eigenvalue weighted by molar-refractivity contribution is 8.13. The van der Waals surface area contributed by atoms with Crippen molar-refractivity contribution in [3.63, 3.8) is 0 Å². The highest BCUT2D eigenvalue weighted by Crippen LogP contribution is 2.41. The van der Waals surface area contributed by atoms with Gasteiger partial charge in [0.2, 0.25) is 0 Å². The molecular weight excluding hydrogens is 301 g/mol. The first kappa shape index (κ1) is 15.6. The second-order valence-electron chi connectivity index (χ2n) is 4.38. The van der Waals surface area contributed by atoms with Crippen LogP contribution in [0.5, 0.6) is 0 Å². The van der Waals surface area contributed by atoms with Crippen LogP contribution in [0.25, 0.3) is 10.9 Å². The number of nitrogens with zero attached hydrogens (tertiary/aromatic N) is 2. The van der Waals surface area contributed by atoms with Crippen LogP contribution in [0.4, 0.5) is 24.7 Å². The maximum absolute atomic E-state index is 13.1. The van der Waals surface area contributed by atoms with Gasteiger partial charge in [-0.05, 0) is 11.8 Å². The van der Waals surface area contributed by atoms with E-state index in [0.717, 1.165) is 6.07 Å². The summed E-state index contributed by atoms with van der Waals surface area (Å²) in [5, 5.41) is 0.587. The van der Waals surface area contributed by atoms with Crippen molar-refractivity contribution in [3.8, 4) is 0 Å². The van der Waals surface area contributed by atoms with Crippen molar-refractivity contribution < 1.29 is 13.2 Å². The molecule has 1 aromatic heterocycles. The fourth-order valence-electron chi connectivity index (χ4n) is 2.18. The number of halogens is 3. The number of benzene rings is 1. The third-order valence-electron chi connectivity index (χ3n) is 3.03. The summed E-state index contributed by atoms with van der Waals surface area (Å²) in [6, 6.07) is 3.90. The highest BCUT2D eigenvalue weighted by atomic mass is 32.2. The van der Waals surface area contributed by atoms with Gasteiger partial charge in [-0.25, -0.2) is 4.99 Å². The predicted molar refractivity (Wildman–Crippen MR) is 81.7 cm³/mol. The van der Waals surface area contributed by atoms with Gasteiger partial charge in [0.25, 0.3) is 0 Å². The minimum absolute atomic E-state index is 0.00977. The van der Waals surface area contributed by atoms with Crippen molar-refractivity contribution in [2.45, 2.75) is 13.1 Å². The molecule has 4 N–H and O–H groups in total. The standard InChI is InChI=1S/C13H15F3N4S/c1-3-21-12(18)19-11-9(17)7-5-4-6-8(13(14,15)16)10(7)20(11)2/h4-6H,3,17H2,1-2H3,(H2,18,19). The summed E-state index contributed by atoms with van der Waals surface area (Å²) >= 11 is 1.30. The second kappa shape index (κ2) is 5.51. The molecule has 2 aromatic rings. The van der Waals surface area contributed by atoms with Gasteiger partial charge in [0.15, 0.2) is 11.0 Å². The van der Waals surface area contributed by atoms with Gasteiger partial charge < -0.3 is 16.0 Å². The van der Waals surface area contributed by atoms with Gasteiger partial charge in [0.1, 0.15) is 0 Å². The van der Waals surface area contributed by atoms with Crippen LogP contribution in [0.15, 0.2) is 23.2 Å². The number of thioether (sulfide) groups is 1. The zero-order valence-electron chi connectivity index (χ0n) is 11.5. The molecule has 0 aliphatic carbocycles. The van der Waals surface area contributed by atoms with Crippen molar-refractivity contribution >= 4 is 39.3 Å². The number of para-hydroxylation sites is 1. The van der Waals surface area contributed by atoms with Crippen molar-refractivity contribution in [2.75, 3.05) is 11.5 Å². The van der Waals surface area contributed by atoms with Gasteiger partial charge in [-0.15, -0.1) is 0 Å². The van der Waals surface area contributed by atoms with Crippen molar-refractivity contribution in [1.29, 1.82) is 0 Å². The van der Waals surface area contributed by atoms with Crippen LogP contribution in [-0.2, 0) is 13.2 Å². The topological polar surface area (TPSA) is 69.3 Å². The van der Waals surface area contributed by atoms with Crippen LogP contribution >= 0.6 is 11.8 Å². The van der Waals surface area contributed by atoms with E-state index in [1.54, 1.807) is 6.07 Å². The molecule has 1 aromatic carbocycles. The van der Waals surface area contributed by atoms with Gasteiger partial charge in [0, 0.05) is 12.4 Å². The lowest BCUT2D eigenvalue weighted by Gasteiger charge is -2.10. The average Bonchev–Trinajstić information content (AvgIpc) is 2.63. The van der Waals surface area contributed by atoms with E-state index in [2.05, 4.69) is 4.99 Å². The number of hydrogen-bond acceptors (Lipinski definition) is 3. The van der Waals surface area contributed by atoms with Crippen LogP contribution < -0.4 is 11.5 Å². The molecule has 0 atom stereocenters. The summed E-state index contributed by atoms with van der Waals surface area (Å²) in [4.78, 5) is 4.14. The number of nitrogen functional groups attached to an aromatic ring is 1. The fourth-order valence-corrected chi connectivity index (χ4v) is 2.62. The van der Waals surface area contributed by atoms with Gasteiger partial charge in [0.05, 0.1) is 16.8 Å². The highest BCUT2D eigenvalue weighted by Gasteiger charge is 2.34. The molecule has 0 radical (unpaired) electrons. The quantitative estimate of drug-likeness (QED) is 0.658. The van der Waals surface area contributed by atoms with Crippen LogP contribution in [0, 0.1) is 0 Å². The maximum atomic E-state index is 13.1. The van der Waals surface area contributed by atoms with Gasteiger partial charge in [-0.1, -0.05) is 30.8 Å². The summed E-state index contributed by atoms with van der Waals surface area (Å²) in [7, 11) is 1.50. The first-order chi connectivity index (χ1) is 9.77. The lowest BCUT2D eigenvalue weighted by atomic mass is 10.1. The maximum Gasteiger partial charge on any atom is 0.418 e. The number of hydrogen-bond donors (Lipinski definition) is 2. The Kier molecular flexibility index (Phi) is 4.08. The first-order valence-corrected chi connectivity index (χ1v) is 7.17. The molecule has 0 saturated heterocycles. The Morgan fingerprint density at radius 2 is 2.05 bits per heavy atom. The van der Waals surface area contributed by atoms with Crippen LogP contribution in [0.1, 0.15) is 12.5 Å². The van der Waals surface area contributed by atoms with Crippen LogP contribution in [-0.4, -0.2) is 15.5 Å². The van der Waals surface area contributed by atoms with E-state index >= 15 is 0 Å². The largest absolute Gasteiger partial charge is 0.418 e. The molecular formula is C13H15F3N4S. The molecule has 0 unspecified atom stereocenters. The lowest BCUT2D eigenvalue weighted by molar-refractivity contribution is -0.136. The van der Waals surface area contributed by atoms with E-state index in [1.165, 1.54) is 29.4 Å². The monoisotopic (exact) mass is 316 g/mol. The molecule has 1 heterocycles. The number of nitrogens with two attached hydrogens (primary N) is 2. The van der Waals surface area contributed by atoms with Crippen LogP contribution in [0.2, 0.25) is 0 Å². The van der Waals surface area contributed by atoms with E-state index in [0.29, 0.717) is 11.1 Å². The Balaban J connectivity index is 2.74. The minimum Gasteiger partial charge on any atom is -0.395 e. The molecule has 0 bridgehead atoms. The Labute approximate surface area is 124 Å². The Morgan fingerprint density at radius 3 is 2.62 bits per heavy atom. The number of alkyl halides is 3. The summed E-state index contributed by atoms with van der Waals surface area (Å²) in [6.07, 6.45) is -4.46. The third-order valence-corrected chi connectivity index (χ3v) is 3.71. The SMILES string of the molecule is CCS/C(N)=N/c1c(N)c2cccc(C(F)(F)F)c2n1C. The third kappa shape index (κ3) is 2.80. The second-order valence-corrected chi connectivity index (χ2v) is 5.66. The molecule has 0 aliphatic rings. The number of rotatable bonds is 2. The molecule has 0 aliphatic heterocycles. The molecule has 114 valence electrons.